The molecule has 0 saturated carbocycles. The van der Waals surface area contributed by atoms with Crippen molar-refractivity contribution in [1.29, 1.82) is 0 Å². The van der Waals surface area contributed by atoms with Crippen molar-refractivity contribution in [1.82, 2.24) is 0 Å². The number of rotatable bonds is 58. The van der Waals surface area contributed by atoms with E-state index in [4.69, 9.17) is 14.2 Å². The molecule has 0 heterocycles. The van der Waals surface area contributed by atoms with E-state index in [-0.39, 0.29) is 31.1 Å². The molecule has 6 heteroatoms. The summed E-state index contributed by atoms with van der Waals surface area (Å²) in [5.74, 6) is -0.887. The average Bonchev–Trinajstić information content (AvgIpc) is 3.40. The van der Waals surface area contributed by atoms with Gasteiger partial charge >= 0.3 is 17.9 Å². The van der Waals surface area contributed by atoms with E-state index >= 15 is 0 Å². The summed E-state index contributed by atoms with van der Waals surface area (Å²) in [5, 5.41) is 0. The molecule has 0 N–H and O–H groups in total. The van der Waals surface area contributed by atoms with E-state index < -0.39 is 6.10 Å². The highest BCUT2D eigenvalue weighted by Crippen LogP contribution is 2.17. The lowest BCUT2D eigenvalue weighted by atomic mass is 10.0. The number of carbonyl (C=O) groups is 3. The molecular weight excluding hydrogens is 913 g/mol. The van der Waals surface area contributed by atoms with Gasteiger partial charge in [0.2, 0.25) is 0 Å². The minimum Gasteiger partial charge on any atom is -0.462 e. The van der Waals surface area contributed by atoms with Gasteiger partial charge in [-0.05, 0) is 103 Å². The molecule has 0 aromatic carbocycles. The van der Waals surface area contributed by atoms with Crippen LogP contribution in [0.5, 0.6) is 0 Å². The van der Waals surface area contributed by atoms with Crippen LogP contribution in [0.15, 0.2) is 72.9 Å². The molecule has 0 spiro atoms. The minimum atomic E-state index is -0.783. The first kappa shape index (κ1) is 70.8. The first-order valence-corrected chi connectivity index (χ1v) is 31.9. The number of hydrogen-bond acceptors (Lipinski definition) is 6. The van der Waals surface area contributed by atoms with Crippen LogP contribution in [0.3, 0.4) is 0 Å². The Morgan fingerprint density at radius 1 is 0.284 bits per heavy atom. The lowest BCUT2D eigenvalue weighted by Gasteiger charge is -2.18. The van der Waals surface area contributed by atoms with Gasteiger partial charge in [0.05, 0.1) is 0 Å². The molecule has 0 bridgehead atoms. The Bertz CT molecular complexity index is 1370. The molecule has 0 aromatic heterocycles. The maximum absolute atomic E-state index is 12.9. The first-order valence-electron chi connectivity index (χ1n) is 31.9. The zero-order valence-corrected chi connectivity index (χ0v) is 49.1. The Morgan fingerprint density at radius 2 is 0.554 bits per heavy atom. The summed E-state index contributed by atoms with van der Waals surface area (Å²) in [7, 11) is 0. The molecular formula is C68H120O6. The van der Waals surface area contributed by atoms with Gasteiger partial charge < -0.3 is 14.2 Å². The molecule has 0 amide bonds. The van der Waals surface area contributed by atoms with Crippen LogP contribution in [0.2, 0.25) is 0 Å². The van der Waals surface area contributed by atoms with Crippen molar-refractivity contribution in [3.05, 3.63) is 72.9 Å². The molecule has 1 atom stereocenters. The van der Waals surface area contributed by atoms with E-state index in [1.165, 1.54) is 180 Å². The van der Waals surface area contributed by atoms with Crippen LogP contribution in [0, 0.1) is 0 Å². The lowest BCUT2D eigenvalue weighted by Crippen LogP contribution is -2.30. The third-order valence-electron chi connectivity index (χ3n) is 13.9. The zero-order chi connectivity index (χ0) is 53.6. The van der Waals surface area contributed by atoms with Crippen molar-refractivity contribution in [2.45, 2.75) is 329 Å². The van der Waals surface area contributed by atoms with Crippen molar-refractivity contribution < 1.29 is 28.6 Å². The molecule has 6 nitrogen and oxygen atoms in total. The number of ether oxygens (including phenoxy) is 3. The van der Waals surface area contributed by atoms with Gasteiger partial charge in [-0.2, -0.15) is 0 Å². The Kier molecular flexibility index (Phi) is 59.7. The van der Waals surface area contributed by atoms with Gasteiger partial charge in [-0.15, -0.1) is 0 Å². The molecule has 0 rings (SSSR count). The van der Waals surface area contributed by atoms with Crippen LogP contribution >= 0.6 is 0 Å². The maximum Gasteiger partial charge on any atom is 0.306 e. The van der Waals surface area contributed by atoms with Crippen molar-refractivity contribution >= 4 is 17.9 Å². The van der Waals surface area contributed by atoms with Crippen LogP contribution in [0.25, 0.3) is 0 Å². The van der Waals surface area contributed by atoms with Gasteiger partial charge in [0.15, 0.2) is 6.10 Å². The average molecular weight is 1030 g/mol. The second kappa shape index (κ2) is 62.4. The maximum atomic E-state index is 12.9. The molecule has 1 unspecified atom stereocenters. The number of allylic oxidation sites excluding steroid dienone is 12. The minimum absolute atomic E-state index is 0.0797. The fourth-order valence-electron chi connectivity index (χ4n) is 9.14. The van der Waals surface area contributed by atoms with Crippen molar-refractivity contribution in [3.8, 4) is 0 Å². The monoisotopic (exact) mass is 1030 g/mol. The molecule has 0 radical (unpaired) electrons. The molecule has 0 aromatic rings. The van der Waals surface area contributed by atoms with Gasteiger partial charge in [-0.1, -0.05) is 273 Å². The van der Waals surface area contributed by atoms with E-state index in [0.29, 0.717) is 19.3 Å². The molecule has 74 heavy (non-hydrogen) atoms. The van der Waals surface area contributed by atoms with Gasteiger partial charge in [0.25, 0.3) is 0 Å². The quantitative estimate of drug-likeness (QED) is 0.0261. The van der Waals surface area contributed by atoms with Gasteiger partial charge in [-0.3, -0.25) is 14.4 Å². The predicted molar refractivity (Wildman–Crippen MR) is 321 cm³/mol. The summed E-state index contributed by atoms with van der Waals surface area (Å²) in [5.41, 5.74) is 0. The summed E-state index contributed by atoms with van der Waals surface area (Å²) in [6, 6.07) is 0. The molecule has 0 aliphatic rings. The van der Waals surface area contributed by atoms with Crippen LogP contribution in [0.1, 0.15) is 323 Å². The Balaban J connectivity index is 4.23. The first-order chi connectivity index (χ1) is 36.5. The fourth-order valence-corrected chi connectivity index (χ4v) is 9.14. The Hall–Kier alpha value is -3.15. The highest BCUT2D eigenvalue weighted by atomic mass is 16.6. The smallest absolute Gasteiger partial charge is 0.306 e. The van der Waals surface area contributed by atoms with Crippen LogP contribution in [-0.2, 0) is 28.6 Å². The topological polar surface area (TPSA) is 78.9 Å². The summed E-state index contributed by atoms with van der Waals surface area (Å²) in [6.45, 7) is 6.49. The predicted octanol–water partition coefficient (Wildman–Crippen LogP) is 21.7. The third-order valence-corrected chi connectivity index (χ3v) is 13.9. The van der Waals surface area contributed by atoms with Crippen LogP contribution < -0.4 is 0 Å². The van der Waals surface area contributed by atoms with Gasteiger partial charge in [-0.25, -0.2) is 0 Å². The fraction of sp³-hybridized carbons (Fsp3) is 0.779. The van der Waals surface area contributed by atoms with E-state index in [0.717, 1.165) is 103 Å². The van der Waals surface area contributed by atoms with E-state index in [1.807, 2.05) is 0 Å². The SMILES string of the molecule is CC/C=C\C/C=C\C/C=C\C/C=C\CCCCCCCCCCC(=O)OC(COC(=O)CCCCCCC/C=C\CCC)COC(=O)CCCCCCCCCCCCCCC/C=C\CCCCCCCCCC. The molecule has 0 aliphatic heterocycles. The normalized spacial score (nSPS) is 12.5. The van der Waals surface area contributed by atoms with E-state index in [1.54, 1.807) is 0 Å². The summed E-state index contributed by atoms with van der Waals surface area (Å²) in [4.78, 5) is 38.2. The molecule has 428 valence electrons. The van der Waals surface area contributed by atoms with Crippen LogP contribution in [0.4, 0.5) is 0 Å². The second-order valence-electron chi connectivity index (χ2n) is 21.3. The van der Waals surface area contributed by atoms with Gasteiger partial charge in [0, 0.05) is 19.3 Å². The van der Waals surface area contributed by atoms with Crippen molar-refractivity contribution in [2.75, 3.05) is 13.2 Å². The molecule has 0 fully saturated rings. The van der Waals surface area contributed by atoms with Crippen molar-refractivity contribution in [3.63, 3.8) is 0 Å². The summed E-state index contributed by atoms with van der Waals surface area (Å²) >= 11 is 0. The number of hydrogen-bond donors (Lipinski definition) is 0. The Labute approximate surface area is 459 Å². The summed E-state index contributed by atoms with van der Waals surface area (Å²) in [6.07, 6.45) is 80.6. The largest absolute Gasteiger partial charge is 0.462 e. The highest BCUT2D eigenvalue weighted by Gasteiger charge is 2.19. The second-order valence-corrected chi connectivity index (χ2v) is 21.3. The number of carbonyl (C=O) groups excluding carboxylic acids is 3. The number of unbranched alkanes of at least 4 members (excludes halogenated alkanes) is 35. The molecule has 0 saturated heterocycles. The number of esters is 3. The van der Waals surface area contributed by atoms with Gasteiger partial charge in [0.1, 0.15) is 13.2 Å². The van der Waals surface area contributed by atoms with Crippen LogP contribution in [-0.4, -0.2) is 37.2 Å². The molecule has 0 aliphatic carbocycles. The lowest BCUT2D eigenvalue weighted by molar-refractivity contribution is -0.167. The standard InChI is InChI=1S/C68H120O6/c1-4-7-10-13-16-19-22-24-26-28-30-32-33-34-35-37-38-40-42-44-46-49-52-55-58-61-67(70)73-64-65(63-72-66(69)60-57-54-51-48-21-18-15-12-9-6-3)74-68(71)62-59-56-53-50-47-45-43-41-39-36-31-29-27-25-23-20-17-14-11-8-5-2/h8,11-12,15,17,20,25,27-28,30-31,36,65H,4-7,9-10,13-14,16,18-19,21-24,26,29,32-35,37-64H2,1-3H3/b11-8-,15-12-,20-17-,27-25-,30-28-,36-31-. The third kappa shape index (κ3) is 59.7. The van der Waals surface area contributed by atoms with Crippen molar-refractivity contribution in [2.24, 2.45) is 0 Å². The highest BCUT2D eigenvalue weighted by molar-refractivity contribution is 5.71. The Morgan fingerprint density at radius 3 is 0.892 bits per heavy atom. The summed E-state index contributed by atoms with van der Waals surface area (Å²) < 4.78 is 16.9. The zero-order valence-electron chi connectivity index (χ0n) is 49.1. The van der Waals surface area contributed by atoms with E-state index in [9.17, 15) is 14.4 Å². The van der Waals surface area contributed by atoms with E-state index in [2.05, 4.69) is 93.7 Å².